The minimum Gasteiger partial charge on any atom is -0.462 e. The Morgan fingerprint density at radius 2 is 2.25 bits per heavy atom. The second-order valence-corrected chi connectivity index (χ2v) is 6.37. The van der Waals surface area contributed by atoms with E-state index in [1.807, 2.05) is 0 Å². The first-order chi connectivity index (χ1) is 9.44. The number of aromatic amines is 1. The molecular formula is C9H11N5O4S2. The van der Waals surface area contributed by atoms with Crippen molar-refractivity contribution in [3.8, 4) is 0 Å². The van der Waals surface area contributed by atoms with E-state index in [9.17, 15) is 13.2 Å². The molecule has 0 spiro atoms. The van der Waals surface area contributed by atoms with Gasteiger partial charge in [-0.1, -0.05) is 11.3 Å². The molecule has 20 heavy (non-hydrogen) atoms. The van der Waals surface area contributed by atoms with Gasteiger partial charge in [0.05, 0.1) is 12.8 Å². The van der Waals surface area contributed by atoms with Gasteiger partial charge in [0.25, 0.3) is 10.0 Å². The van der Waals surface area contributed by atoms with E-state index in [4.69, 9.17) is 4.74 Å². The van der Waals surface area contributed by atoms with Gasteiger partial charge < -0.3 is 4.74 Å². The highest BCUT2D eigenvalue weighted by Gasteiger charge is 2.26. The number of carbonyl (C=O) groups is 1. The molecule has 0 atom stereocenters. The molecule has 0 unspecified atom stereocenters. The average molecular weight is 317 g/mol. The average Bonchev–Trinajstić information content (AvgIpc) is 2.98. The molecule has 0 amide bonds. The van der Waals surface area contributed by atoms with E-state index in [2.05, 4.69) is 25.1 Å². The highest BCUT2D eigenvalue weighted by atomic mass is 32.2. The first kappa shape index (κ1) is 14.4. The Balaban J connectivity index is 2.30. The van der Waals surface area contributed by atoms with Crippen LogP contribution in [0, 0.1) is 6.92 Å². The van der Waals surface area contributed by atoms with Crippen LogP contribution >= 0.6 is 11.3 Å². The summed E-state index contributed by atoms with van der Waals surface area (Å²) in [4.78, 5) is 11.6. The van der Waals surface area contributed by atoms with Crippen LogP contribution < -0.4 is 4.72 Å². The molecule has 0 bridgehead atoms. The fourth-order valence-corrected chi connectivity index (χ4v) is 3.25. The number of rotatable bonds is 5. The van der Waals surface area contributed by atoms with Gasteiger partial charge in [-0.15, -0.1) is 10.2 Å². The summed E-state index contributed by atoms with van der Waals surface area (Å²) >= 11 is 1.07. The summed E-state index contributed by atoms with van der Waals surface area (Å²) in [6.07, 6.45) is 1.10. The Kier molecular flexibility index (Phi) is 3.99. The summed E-state index contributed by atoms with van der Waals surface area (Å²) in [6.45, 7) is 3.44. The quantitative estimate of drug-likeness (QED) is 0.771. The summed E-state index contributed by atoms with van der Waals surface area (Å²) in [5.74, 6) is -0.768. The molecule has 2 rings (SSSR count). The van der Waals surface area contributed by atoms with Crippen molar-refractivity contribution in [2.75, 3.05) is 11.3 Å². The van der Waals surface area contributed by atoms with Gasteiger partial charge in [-0.05, 0) is 13.8 Å². The Morgan fingerprint density at radius 3 is 2.85 bits per heavy atom. The molecule has 2 N–H and O–H groups in total. The molecule has 2 heterocycles. The van der Waals surface area contributed by atoms with E-state index < -0.39 is 16.0 Å². The van der Waals surface area contributed by atoms with Gasteiger partial charge in [0, 0.05) is 0 Å². The Bertz CT molecular complexity index is 720. The number of hydrogen-bond donors (Lipinski definition) is 2. The van der Waals surface area contributed by atoms with Gasteiger partial charge in [0.15, 0.2) is 5.03 Å². The van der Waals surface area contributed by atoms with Gasteiger partial charge >= 0.3 is 5.97 Å². The molecule has 108 valence electrons. The van der Waals surface area contributed by atoms with Crippen LogP contribution in [0.3, 0.4) is 0 Å². The summed E-state index contributed by atoms with van der Waals surface area (Å²) in [5, 5.41) is 13.5. The van der Waals surface area contributed by atoms with Crippen molar-refractivity contribution in [2.24, 2.45) is 0 Å². The maximum Gasteiger partial charge on any atom is 0.342 e. The Labute approximate surface area is 118 Å². The zero-order valence-corrected chi connectivity index (χ0v) is 12.2. The van der Waals surface area contributed by atoms with Crippen LogP contribution in [0.25, 0.3) is 0 Å². The number of H-pyrrole nitrogens is 1. The lowest BCUT2D eigenvalue weighted by Crippen LogP contribution is -2.17. The number of aryl methyl sites for hydroxylation is 1. The third-order valence-corrected chi connectivity index (χ3v) is 4.31. The van der Waals surface area contributed by atoms with Crippen LogP contribution in [-0.2, 0) is 14.8 Å². The van der Waals surface area contributed by atoms with E-state index >= 15 is 0 Å². The summed E-state index contributed by atoms with van der Waals surface area (Å²) < 4.78 is 31.3. The lowest BCUT2D eigenvalue weighted by Gasteiger charge is -2.04. The molecule has 9 nitrogen and oxygen atoms in total. The number of nitrogens with zero attached hydrogens (tertiary/aromatic N) is 3. The molecule has 11 heteroatoms. The van der Waals surface area contributed by atoms with Crippen molar-refractivity contribution < 1.29 is 17.9 Å². The van der Waals surface area contributed by atoms with Crippen molar-refractivity contribution in [1.82, 2.24) is 20.4 Å². The maximum atomic E-state index is 12.2. The minimum absolute atomic E-state index is 0.104. The number of hydrogen-bond acceptors (Lipinski definition) is 8. The predicted octanol–water partition coefficient (Wildman–Crippen LogP) is 0.547. The fourth-order valence-electron chi connectivity index (χ4n) is 1.34. The van der Waals surface area contributed by atoms with Crippen molar-refractivity contribution in [1.29, 1.82) is 0 Å². The van der Waals surface area contributed by atoms with Crippen molar-refractivity contribution in [2.45, 2.75) is 18.9 Å². The standard InChI is InChI=1S/C9H11N5O4S2/c1-3-18-8(15)6-4-10-12-7(6)20(16,17)14-9-13-11-5(2)19-9/h4H,3H2,1-2H3,(H,10,12)(H,13,14). The fraction of sp³-hybridized carbons (Fsp3) is 0.333. The van der Waals surface area contributed by atoms with Gasteiger partial charge in [-0.25, -0.2) is 4.79 Å². The second-order valence-electron chi connectivity index (χ2n) is 3.57. The monoisotopic (exact) mass is 317 g/mol. The van der Waals surface area contributed by atoms with Crippen molar-refractivity contribution in [3.63, 3.8) is 0 Å². The van der Waals surface area contributed by atoms with Crippen LogP contribution in [0.4, 0.5) is 5.13 Å². The molecule has 0 aliphatic heterocycles. The van der Waals surface area contributed by atoms with Gasteiger partial charge in [0.1, 0.15) is 10.6 Å². The topological polar surface area (TPSA) is 127 Å². The molecule has 2 aromatic heterocycles. The first-order valence-corrected chi connectivity index (χ1v) is 7.77. The summed E-state index contributed by atoms with van der Waals surface area (Å²) in [5.41, 5.74) is -0.166. The number of aromatic nitrogens is 4. The zero-order chi connectivity index (χ0) is 14.8. The predicted molar refractivity (Wildman–Crippen MR) is 70.0 cm³/mol. The van der Waals surface area contributed by atoms with E-state index in [1.165, 1.54) is 0 Å². The summed E-state index contributed by atoms with van der Waals surface area (Å²) in [7, 11) is -4.01. The van der Waals surface area contributed by atoms with Crippen LogP contribution in [0.1, 0.15) is 22.3 Å². The van der Waals surface area contributed by atoms with Crippen LogP contribution in [0.2, 0.25) is 0 Å². The SMILES string of the molecule is CCOC(=O)c1cn[nH]c1S(=O)(=O)Nc1nnc(C)s1. The van der Waals surface area contributed by atoms with Gasteiger partial charge in [0.2, 0.25) is 5.13 Å². The van der Waals surface area contributed by atoms with E-state index in [0.717, 1.165) is 17.5 Å². The third kappa shape index (κ3) is 2.93. The number of sulfonamides is 1. The lowest BCUT2D eigenvalue weighted by molar-refractivity contribution is 0.0522. The number of carbonyl (C=O) groups excluding carboxylic acids is 1. The number of esters is 1. The van der Waals surface area contributed by atoms with Crippen LogP contribution in [0.5, 0.6) is 0 Å². The normalized spacial score (nSPS) is 11.3. The molecule has 0 radical (unpaired) electrons. The maximum absolute atomic E-state index is 12.2. The zero-order valence-electron chi connectivity index (χ0n) is 10.6. The van der Waals surface area contributed by atoms with E-state index in [1.54, 1.807) is 13.8 Å². The van der Waals surface area contributed by atoms with Crippen molar-refractivity contribution >= 4 is 32.5 Å². The molecule has 0 aliphatic rings. The van der Waals surface area contributed by atoms with Crippen LogP contribution in [0.15, 0.2) is 11.2 Å². The van der Waals surface area contributed by atoms with E-state index in [-0.39, 0.29) is 22.3 Å². The third-order valence-electron chi connectivity index (χ3n) is 2.12. The highest BCUT2D eigenvalue weighted by Crippen LogP contribution is 2.20. The van der Waals surface area contributed by atoms with Gasteiger partial charge in [-0.3, -0.25) is 9.82 Å². The minimum atomic E-state index is -4.01. The Hall–Kier alpha value is -2.01. The number of anilines is 1. The highest BCUT2D eigenvalue weighted by molar-refractivity contribution is 7.92. The molecule has 0 saturated heterocycles. The van der Waals surface area contributed by atoms with Crippen LogP contribution in [-0.4, -0.2) is 41.4 Å². The molecule has 0 saturated carbocycles. The molecular weight excluding hydrogens is 306 g/mol. The number of nitrogens with one attached hydrogen (secondary N) is 2. The first-order valence-electron chi connectivity index (χ1n) is 5.47. The van der Waals surface area contributed by atoms with Crippen molar-refractivity contribution in [3.05, 3.63) is 16.8 Å². The van der Waals surface area contributed by atoms with E-state index in [0.29, 0.717) is 5.01 Å². The second kappa shape index (κ2) is 5.54. The number of ether oxygens (including phenoxy) is 1. The smallest absolute Gasteiger partial charge is 0.342 e. The van der Waals surface area contributed by atoms with Gasteiger partial charge in [-0.2, -0.15) is 13.5 Å². The lowest BCUT2D eigenvalue weighted by atomic mass is 10.4. The molecule has 0 aromatic carbocycles. The summed E-state index contributed by atoms with van der Waals surface area (Å²) in [6, 6.07) is 0. The largest absolute Gasteiger partial charge is 0.462 e. The Morgan fingerprint density at radius 1 is 1.50 bits per heavy atom. The molecule has 0 aliphatic carbocycles. The molecule has 0 fully saturated rings. The molecule has 2 aromatic rings.